The molecule has 0 atom stereocenters. The fourth-order valence-corrected chi connectivity index (χ4v) is 2.48. The minimum atomic E-state index is -0.267. The molecule has 25 heavy (non-hydrogen) atoms. The standard InChI is InChI=1S/C19H19N3O3/c1-4-13-8-10-14(11-9-13)18(23)22-17(20-19(21-22)25-3)15-6-5-7-16(12-15)24-2/h5-12H,4H2,1-3H3. The highest BCUT2D eigenvalue weighted by atomic mass is 16.5. The van der Waals surface area contributed by atoms with Crippen LogP contribution in [0.25, 0.3) is 11.4 Å². The molecule has 6 heteroatoms. The number of aromatic nitrogens is 3. The van der Waals surface area contributed by atoms with Crippen LogP contribution in [-0.2, 0) is 6.42 Å². The quantitative estimate of drug-likeness (QED) is 0.715. The molecule has 2 aromatic carbocycles. The Morgan fingerprint density at radius 2 is 1.84 bits per heavy atom. The average molecular weight is 337 g/mol. The number of methoxy groups -OCH3 is 2. The molecule has 1 aromatic heterocycles. The van der Waals surface area contributed by atoms with Crippen molar-refractivity contribution in [2.45, 2.75) is 13.3 Å². The SMILES string of the molecule is CCc1ccc(C(=O)n2nc(OC)nc2-c2cccc(OC)c2)cc1. The number of hydrogen-bond acceptors (Lipinski definition) is 5. The first kappa shape index (κ1) is 16.7. The van der Waals surface area contributed by atoms with E-state index in [1.807, 2.05) is 30.3 Å². The summed E-state index contributed by atoms with van der Waals surface area (Å²) in [5.74, 6) is 0.808. The van der Waals surface area contributed by atoms with Crippen LogP contribution in [0.4, 0.5) is 0 Å². The van der Waals surface area contributed by atoms with Crippen LogP contribution in [0.1, 0.15) is 22.8 Å². The summed E-state index contributed by atoms with van der Waals surface area (Å²) in [6.45, 7) is 2.07. The van der Waals surface area contributed by atoms with E-state index < -0.39 is 0 Å². The Balaban J connectivity index is 2.05. The van der Waals surface area contributed by atoms with E-state index in [1.54, 1.807) is 25.3 Å². The molecule has 6 nitrogen and oxygen atoms in total. The van der Waals surface area contributed by atoms with Gasteiger partial charge >= 0.3 is 6.01 Å². The van der Waals surface area contributed by atoms with Crippen LogP contribution in [0.3, 0.4) is 0 Å². The van der Waals surface area contributed by atoms with E-state index in [-0.39, 0.29) is 11.9 Å². The van der Waals surface area contributed by atoms with E-state index in [9.17, 15) is 4.79 Å². The third-order valence-corrected chi connectivity index (χ3v) is 3.90. The number of ether oxygens (including phenoxy) is 2. The molecule has 0 N–H and O–H groups in total. The van der Waals surface area contributed by atoms with E-state index in [2.05, 4.69) is 17.0 Å². The van der Waals surface area contributed by atoms with Gasteiger partial charge in [0.1, 0.15) is 5.75 Å². The lowest BCUT2D eigenvalue weighted by molar-refractivity contribution is 0.0945. The van der Waals surface area contributed by atoms with E-state index in [0.717, 1.165) is 6.42 Å². The highest BCUT2D eigenvalue weighted by molar-refractivity contribution is 5.97. The maximum Gasteiger partial charge on any atom is 0.336 e. The summed E-state index contributed by atoms with van der Waals surface area (Å²) in [5.41, 5.74) is 2.42. The Kier molecular flexibility index (Phi) is 4.79. The number of nitrogens with zero attached hydrogens (tertiary/aromatic N) is 3. The molecule has 0 aliphatic rings. The first-order chi connectivity index (χ1) is 12.2. The Bertz CT molecular complexity index is 885. The Morgan fingerprint density at radius 1 is 1.08 bits per heavy atom. The molecule has 0 saturated carbocycles. The van der Waals surface area contributed by atoms with E-state index in [0.29, 0.717) is 22.7 Å². The van der Waals surface area contributed by atoms with Gasteiger partial charge < -0.3 is 9.47 Å². The molecule has 0 bridgehead atoms. The van der Waals surface area contributed by atoms with Crippen molar-refractivity contribution in [1.29, 1.82) is 0 Å². The third-order valence-electron chi connectivity index (χ3n) is 3.90. The minimum Gasteiger partial charge on any atom is -0.497 e. The molecule has 0 amide bonds. The second-order valence-electron chi connectivity index (χ2n) is 5.42. The molecular formula is C19H19N3O3. The van der Waals surface area contributed by atoms with Crippen molar-refractivity contribution in [2.24, 2.45) is 0 Å². The lowest BCUT2D eigenvalue weighted by Crippen LogP contribution is -2.15. The van der Waals surface area contributed by atoms with Gasteiger partial charge in [-0.2, -0.15) is 9.67 Å². The van der Waals surface area contributed by atoms with Crippen LogP contribution in [0.15, 0.2) is 48.5 Å². The monoisotopic (exact) mass is 337 g/mol. The second kappa shape index (κ2) is 7.17. The normalized spacial score (nSPS) is 10.5. The number of rotatable bonds is 5. The zero-order chi connectivity index (χ0) is 17.8. The molecule has 0 radical (unpaired) electrons. The van der Waals surface area contributed by atoms with Gasteiger partial charge in [-0.25, -0.2) is 0 Å². The van der Waals surface area contributed by atoms with Crippen LogP contribution in [0.5, 0.6) is 11.8 Å². The van der Waals surface area contributed by atoms with Gasteiger partial charge in [0.15, 0.2) is 5.82 Å². The van der Waals surface area contributed by atoms with Gasteiger partial charge in [0.05, 0.1) is 14.2 Å². The Morgan fingerprint density at radius 3 is 2.48 bits per heavy atom. The van der Waals surface area contributed by atoms with Crippen LogP contribution < -0.4 is 9.47 Å². The van der Waals surface area contributed by atoms with Gasteiger partial charge in [-0.05, 0) is 36.2 Å². The predicted octanol–water partition coefficient (Wildman–Crippen LogP) is 3.21. The van der Waals surface area contributed by atoms with Gasteiger partial charge in [0.2, 0.25) is 0 Å². The van der Waals surface area contributed by atoms with Gasteiger partial charge in [-0.15, -0.1) is 5.10 Å². The maximum absolute atomic E-state index is 12.9. The van der Waals surface area contributed by atoms with Crippen molar-refractivity contribution in [3.8, 4) is 23.1 Å². The van der Waals surface area contributed by atoms with Crippen LogP contribution in [0.2, 0.25) is 0 Å². The molecule has 0 unspecified atom stereocenters. The van der Waals surface area contributed by atoms with Crippen molar-refractivity contribution >= 4 is 5.91 Å². The number of carbonyl (C=O) groups is 1. The van der Waals surface area contributed by atoms with Crippen molar-refractivity contribution in [1.82, 2.24) is 14.8 Å². The topological polar surface area (TPSA) is 66.2 Å². The van der Waals surface area contributed by atoms with Crippen molar-refractivity contribution in [3.05, 3.63) is 59.7 Å². The fourth-order valence-electron chi connectivity index (χ4n) is 2.48. The van der Waals surface area contributed by atoms with Crippen molar-refractivity contribution in [2.75, 3.05) is 14.2 Å². The fraction of sp³-hybridized carbons (Fsp3) is 0.211. The van der Waals surface area contributed by atoms with Crippen LogP contribution in [-0.4, -0.2) is 34.9 Å². The molecule has 0 fully saturated rings. The summed E-state index contributed by atoms with van der Waals surface area (Å²) < 4.78 is 11.6. The summed E-state index contributed by atoms with van der Waals surface area (Å²) in [5, 5.41) is 4.17. The predicted molar refractivity (Wildman–Crippen MR) is 94.1 cm³/mol. The van der Waals surface area contributed by atoms with Crippen LogP contribution >= 0.6 is 0 Å². The summed E-state index contributed by atoms with van der Waals surface area (Å²) in [4.78, 5) is 17.2. The zero-order valence-corrected chi connectivity index (χ0v) is 14.4. The average Bonchev–Trinajstić information content (AvgIpc) is 3.12. The Labute approximate surface area is 146 Å². The van der Waals surface area contributed by atoms with Gasteiger partial charge in [0.25, 0.3) is 5.91 Å². The Hall–Kier alpha value is -3.15. The van der Waals surface area contributed by atoms with E-state index in [4.69, 9.17) is 9.47 Å². The maximum atomic E-state index is 12.9. The summed E-state index contributed by atoms with van der Waals surface area (Å²) in [7, 11) is 3.06. The van der Waals surface area contributed by atoms with Crippen molar-refractivity contribution < 1.29 is 14.3 Å². The van der Waals surface area contributed by atoms with Gasteiger partial charge in [0, 0.05) is 11.1 Å². The molecule has 0 aliphatic carbocycles. The van der Waals surface area contributed by atoms with Crippen LogP contribution in [0, 0.1) is 0 Å². The summed E-state index contributed by atoms with van der Waals surface area (Å²) in [6, 6.07) is 14.9. The molecule has 3 rings (SSSR count). The lowest BCUT2D eigenvalue weighted by atomic mass is 10.1. The third kappa shape index (κ3) is 3.38. The molecule has 0 aliphatic heterocycles. The lowest BCUT2D eigenvalue weighted by Gasteiger charge is -2.06. The summed E-state index contributed by atoms with van der Waals surface area (Å²) >= 11 is 0. The zero-order valence-electron chi connectivity index (χ0n) is 14.4. The van der Waals surface area contributed by atoms with E-state index >= 15 is 0 Å². The second-order valence-corrected chi connectivity index (χ2v) is 5.42. The van der Waals surface area contributed by atoms with Gasteiger partial charge in [-0.3, -0.25) is 4.79 Å². The molecule has 128 valence electrons. The summed E-state index contributed by atoms with van der Waals surface area (Å²) in [6.07, 6.45) is 0.917. The van der Waals surface area contributed by atoms with Gasteiger partial charge in [-0.1, -0.05) is 31.2 Å². The highest BCUT2D eigenvalue weighted by Gasteiger charge is 2.20. The number of carbonyl (C=O) groups excluding carboxylic acids is 1. The number of aryl methyl sites for hydroxylation is 1. The van der Waals surface area contributed by atoms with Crippen molar-refractivity contribution in [3.63, 3.8) is 0 Å². The molecule has 3 aromatic rings. The molecule has 0 spiro atoms. The molecule has 0 saturated heterocycles. The molecular weight excluding hydrogens is 318 g/mol. The number of benzene rings is 2. The largest absolute Gasteiger partial charge is 0.497 e. The van der Waals surface area contributed by atoms with E-state index in [1.165, 1.54) is 17.4 Å². The first-order valence-electron chi connectivity index (χ1n) is 7.95. The smallest absolute Gasteiger partial charge is 0.336 e. The highest BCUT2D eigenvalue weighted by Crippen LogP contribution is 2.24. The number of hydrogen-bond donors (Lipinski definition) is 0. The molecule has 1 heterocycles. The minimum absolute atomic E-state index is 0.136. The first-order valence-corrected chi connectivity index (χ1v) is 7.95.